The second-order valence-corrected chi connectivity index (χ2v) is 9.74. The number of nitrogens with zero attached hydrogens (tertiary/aromatic N) is 2. The maximum absolute atomic E-state index is 12.1. The van der Waals surface area contributed by atoms with E-state index in [1.165, 1.54) is 11.1 Å². The van der Waals surface area contributed by atoms with Crippen molar-refractivity contribution >= 4 is 48.1 Å². The zero-order chi connectivity index (χ0) is 22.3. The van der Waals surface area contributed by atoms with Crippen molar-refractivity contribution in [3.8, 4) is 0 Å². The van der Waals surface area contributed by atoms with Crippen LogP contribution < -0.4 is 10.6 Å². The molecule has 0 unspecified atom stereocenters. The first kappa shape index (κ1) is 29.5. The van der Waals surface area contributed by atoms with Gasteiger partial charge in [0.25, 0.3) is 0 Å². The molecule has 1 heterocycles. The molecule has 1 saturated heterocycles. The molecule has 2 N–H and O–H groups in total. The van der Waals surface area contributed by atoms with Crippen LogP contribution in [0.2, 0.25) is 5.02 Å². The number of benzene rings is 2. The van der Waals surface area contributed by atoms with E-state index in [0.29, 0.717) is 6.54 Å². The fourth-order valence-electron chi connectivity index (χ4n) is 3.75. The third kappa shape index (κ3) is 10.1. The molecule has 5 nitrogen and oxygen atoms in total. The molecular formula is C25H37Cl3N4O. The number of amides is 2. The summed E-state index contributed by atoms with van der Waals surface area (Å²) in [5.41, 5.74) is 3.50. The summed E-state index contributed by atoms with van der Waals surface area (Å²) in [5.74, 6) is 0. The van der Waals surface area contributed by atoms with E-state index in [1.54, 1.807) is 0 Å². The molecule has 2 aromatic rings. The van der Waals surface area contributed by atoms with E-state index in [2.05, 4.69) is 65.5 Å². The summed E-state index contributed by atoms with van der Waals surface area (Å²) >= 11 is 5.96. The molecule has 184 valence electrons. The van der Waals surface area contributed by atoms with E-state index in [-0.39, 0.29) is 36.3 Å². The van der Waals surface area contributed by atoms with Gasteiger partial charge in [-0.2, -0.15) is 0 Å². The summed E-state index contributed by atoms with van der Waals surface area (Å²) in [4.78, 5) is 17.1. The normalized spacial score (nSPS) is 14.7. The van der Waals surface area contributed by atoms with E-state index in [9.17, 15) is 4.79 Å². The molecule has 0 atom stereocenters. The summed E-state index contributed by atoms with van der Waals surface area (Å²) < 4.78 is 0. The lowest BCUT2D eigenvalue weighted by Gasteiger charge is -2.34. The van der Waals surface area contributed by atoms with Crippen molar-refractivity contribution in [2.75, 3.05) is 44.6 Å². The van der Waals surface area contributed by atoms with Gasteiger partial charge in [-0.3, -0.25) is 4.90 Å². The van der Waals surface area contributed by atoms with Crippen LogP contribution in [0.1, 0.15) is 38.3 Å². The van der Waals surface area contributed by atoms with Gasteiger partial charge in [0.05, 0.1) is 0 Å². The first-order chi connectivity index (χ1) is 14.8. The maximum Gasteiger partial charge on any atom is 0.319 e. The molecule has 1 aliphatic heterocycles. The molecule has 33 heavy (non-hydrogen) atoms. The molecule has 0 aliphatic carbocycles. The quantitative estimate of drug-likeness (QED) is 0.457. The van der Waals surface area contributed by atoms with Crippen LogP contribution in [0.5, 0.6) is 0 Å². The predicted octanol–water partition coefficient (Wildman–Crippen LogP) is 5.81. The van der Waals surface area contributed by atoms with Gasteiger partial charge in [-0.05, 0) is 53.8 Å². The molecule has 0 spiro atoms. The van der Waals surface area contributed by atoms with Gasteiger partial charge in [-0.1, -0.05) is 56.6 Å². The minimum Gasteiger partial charge on any atom is -0.338 e. The van der Waals surface area contributed by atoms with E-state index in [4.69, 9.17) is 11.6 Å². The lowest BCUT2D eigenvalue weighted by molar-refractivity contribution is 0.126. The van der Waals surface area contributed by atoms with Gasteiger partial charge in [0.1, 0.15) is 0 Å². The smallest absolute Gasteiger partial charge is 0.319 e. The molecule has 1 aliphatic rings. The topological polar surface area (TPSA) is 47.6 Å². The molecule has 0 aromatic heterocycles. The minimum atomic E-state index is -0.142. The number of hydrogen-bond acceptors (Lipinski definition) is 3. The van der Waals surface area contributed by atoms with Crippen LogP contribution in [-0.4, -0.2) is 55.1 Å². The number of anilines is 1. The van der Waals surface area contributed by atoms with E-state index < -0.39 is 0 Å². The van der Waals surface area contributed by atoms with Gasteiger partial charge < -0.3 is 15.5 Å². The van der Waals surface area contributed by atoms with Crippen molar-refractivity contribution in [2.45, 2.75) is 39.2 Å². The van der Waals surface area contributed by atoms with Crippen molar-refractivity contribution in [3.63, 3.8) is 0 Å². The number of hydrogen-bond donors (Lipinski definition) is 2. The Morgan fingerprint density at radius 3 is 2.06 bits per heavy atom. The predicted molar refractivity (Wildman–Crippen MR) is 144 cm³/mol. The third-order valence-corrected chi connectivity index (χ3v) is 5.98. The summed E-state index contributed by atoms with van der Waals surface area (Å²) in [6.07, 6.45) is 0.952. The summed E-state index contributed by atoms with van der Waals surface area (Å²) in [7, 11) is 0. The summed E-state index contributed by atoms with van der Waals surface area (Å²) in [6.45, 7) is 13.5. The number of rotatable bonds is 7. The first-order valence-electron chi connectivity index (χ1n) is 11.1. The Balaban J connectivity index is 0.00000272. The monoisotopic (exact) mass is 514 g/mol. The van der Waals surface area contributed by atoms with Gasteiger partial charge in [0.15, 0.2) is 0 Å². The number of nitrogens with one attached hydrogen (secondary N) is 2. The number of carbonyl (C=O) groups is 1. The molecule has 0 radical (unpaired) electrons. The highest BCUT2D eigenvalue weighted by molar-refractivity contribution is 6.30. The highest BCUT2D eigenvalue weighted by atomic mass is 35.5. The van der Waals surface area contributed by atoms with Gasteiger partial charge in [-0.15, -0.1) is 24.8 Å². The van der Waals surface area contributed by atoms with E-state index >= 15 is 0 Å². The summed E-state index contributed by atoms with van der Waals surface area (Å²) in [5, 5.41) is 6.66. The van der Waals surface area contributed by atoms with E-state index in [1.807, 2.05) is 24.3 Å². The third-order valence-electron chi connectivity index (χ3n) is 5.73. The van der Waals surface area contributed by atoms with Gasteiger partial charge >= 0.3 is 6.03 Å². The number of urea groups is 1. The number of carbonyl (C=O) groups excluding carboxylic acids is 1. The Labute approximate surface area is 216 Å². The van der Waals surface area contributed by atoms with Crippen LogP contribution in [0.3, 0.4) is 0 Å². The fraction of sp³-hybridized carbons (Fsp3) is 0.480. The first-order valence-corrected chi connectivity index (χ1v) is 11.5. The summed E-state index contributed by atoms with van der Waals surface area (Å²) in [6, 6.07) is 16.0. The standard InChI is InChI=1S/C25H35ClN4O.2ClH/c1-25(2,3)21-7-11-23(12-8-21)28-24(31)27-13-4-14-29-15-17-30(18-16-29)19-20-5-9-22(26)10-6-20;;/h5-12H,4,13-19H2,1-3H3,(H2,27,28,31);2*1H. The second-order valence-electron chi connectivity index (χ2n) is 9.31. The van der Waals surface area contributed by atoms with Crippen LogP contribution >= 0.6 is 36.4 Å². The average Bonchev–Trinajstić information content (AvgIpc) is 2.74. The zero-order valence-electron chi connectivity index (χ0n) is 19.8. The maximum atomic E-state index is 12.1. The SMILES string of the molecule is CC(C)(C)c1ccc(NC(=O)NCCCN2CCN(Cc3ccc(Cl)cc3)CC2)cc1.Cl.Cl. The average molecular weight is 516 g/mol. The van der Waals surface area contributed by atoms with E-state index in [0.717, 1.165) is 56.4 Å². The van der Waals surface area contributed by atoms with Crippen LogP contribution in [-0.2, 0) is 12.0 Å². The Morgan fingerprint density at radius 2 is 1.48 bits per heavy atom. The minimum absolute atomic E-state index is 0. The lowest BCUT2D eigenvalue weighted by atomic mass is 9.87. The van der Waals surface area contributed by atoms with Crippen LogP contribution in [0.25, 0.3) is 0 Å². The van der Waals surface area contributed by atoms with Gasteiger partial charge in [-0.25, -0.2) is 4.79 Å². The number of piperazine rings is 1. The molecule has 3 rings (SSSR count). The molecule has 2 amide bonds. The van der Waals surface area contributed by atoms with Crippen LogP contribution in [0.4, 0.5) is 10.5 Å². The van der Waals surface area contributed by atoms with Crippen molar-refractivity contribution in [3.05, 3.63) is 64.7 Å². The molecule has 0 bridgehead atoms. The molecule has 1 fully saturated rings. The van der Waals surface area contributed by atoms with Gasteiger partial charge in [0, 0.05) is 50.0 Å². The highest BCUT2D eigenvalue weighted by Crippen LogP contribution is 2.23. The highest BCUT2D eigenvalue weighted by Gasteiger charge is 2.17. The molecule has 0 saturated carbocycles. The van der Waals surface area contributed by atoms with Crippen molar-refractivity contribution in [1.82, 2.24) is 15.1 Å². The van der Waals surface area contributed by atoms with Crippen molar-refractivity contribution in [2.24, 2.45) is 0 Å². The Hall–Kier alpha value is -1.50. The van der Waals surface area contributed by atoms with Crippen molar-refractivity contribution in [1.29, 1.82) is 0 Å². The molecular weight excluding hydrogens is 479 g/mol. The van der Waals surface area contributed by atoms with Gasteiger partial charge in [0.2, 0.25) is 0 Å². The number of halogens is 3. The van der Waals surface area contributed by atoms with Crippen molar-refractivity contribution < 1.29 is 4.79 Å². The Morgan fingerprint density at radius 1 is 0.909 bits per heavy atom. The molecule has 8 heteroatoms. The lowest BCUT2D eigenvalue weighted by Crippen LogP contribution is -2.46. The van der Waals surface area contributed by atoms with Crippen LogP contribution in [0.15, 0.2) is 48.5 Å². The Kier molecular flexibility index (Phi) is 12.6. The second kappa shape index (κ2) is 14.0. The Bertz CT molecular complexity index is 830. The zero-order valence-corrected chi connectivity index (χ0v) is 22.2. The van der Waals surface area contributed by atoms with Crippen LogP contribution in [0, 0.1) is 0 Å². The fourth-order valence-corrected chi connectivity index (χ4v) is 3.88. The molecule has 2 aromatic carbocycles. The largest absolute Gasteiger partial charge is 0.338 e.